The Balaban J connectivity index is 2.75. The third kappa shape index (κ3) is 2.52. The molecule has 0 aromatic carbocycles. The van der Waals surface area contributed by atoms with Crippen molar-refractivity contribution in [2.45, 2.75) is 39.3 Å². The molecule has 0 bridgehead atoms. The zero-order chi connectivity index (χ0) is 10.4. The van der Waals surface area contributed by atoms with Gasteiger partial charge >= 0.3 is 0 Å². The number of rotatable bonds is 6. The highest BCUT2D eigenvalue weighted by molar-refractivity contribution is 5.09. The highest BCUT2D eigenvalue weighted by Gasteiger charge is 2.09. The van der Waals surface area contributed by atoms with E-state index in [4.69, 9.17) is 10.8 Å². The second-order valence-corrected chi connectivity index (χ2v) is 3.24. The predicted molar refractivity (Wildman–Crippen MR) is 53.6 cm³/mol. The van der Waals surface area contributed by atoms with Crippen LogP contribution in [0.4, 0.5) is 0 Å². The van der Waals surface area contributed by atoms with Crippen LogP contribution >= 0.6 is 0 Å². The molecule has 1 rings (SSSR count). The van der Waals surface area contributed by atoms with E-state index in [1.165, 1.54) is 0 Å². The standard InChI is InChI=1S/C9H18N4O/c1-2-4-9-8(7-10)11-12-13(9)5-3-6-14/h14H,2-7,10H2,1H3. The first-order chi connectivity index (χ1) is 6.83. The number of aliphatic hydroxyl groups is 1. The van der Waals surface area contributed by atoms with Crippen LogP contribution in [0, 0.1) is 0 Å². The summed E-state index contributed by atoms with van der Waals surface area (Å²) < 4.78 is 1.85. The van der Waals surface area contributed by atoms with Crippen molar-refractivity contribution < 1.29 is 5.11 Å². The summed E-state index contributed by atoms with van der Waals surface area (Å²) >= 11 is 0. The molecular formula is C9H18N4O. The maximum absolute atomic E-state index is 8.73. The van der Waals surface area contributed by atoms with Gasteiger partial charge < -0.3 is 10.8 Å². The minimum Gasteiger partial charge on any atom is -0.396 e. The van der Waals surface area contributed by atoms with Crippen molar-refractivity contribution in [1.29, 1.82) is 0 Å². The largest absolute Gasteiger partial charge is 0.396 e. The molecule has 0 saturated carbocycles. The van der Waals surface area contributed by atoms with E-state index < -0.39 is 0 Å². The molecule has 5 nitrogen and oxygen atoms in total. The quantitative estimate of drug-likeness (QED) is 0.678. The van der Waals surface area contributed by atoms with Gasteiger partial charge in [0.15, 0.2) is 0 Å². The fraction of sp³-hybridized carbons (Fsp3) is 0.778. The second kappa shape index (κ2) is 5.72. The Morgan fingerprint density at radius 1 is 1.50 bits per heavy atom. The van der Waals surface area contributed by atoms with Gasteiger partial charge in [0.25, 0.3) is 0 Å². The molecule has 0 fully saturated rings. The highest BCUT2D eigenvalue weighted by Crippen LogP contribution is 2.08. The molecule has 1 aromatic heterocycles. The third-order valence-electron chi connectivity index (χ3n) is 2.13. The molecule has 0 amide bonds. The first kappa shape index (κ1) is 11.1. The van der Waals surface area contributed by atoms with Gasteiger partial charge in [-0.3, -0.25) is 0 Å². The van der Waals surface area contributed by atoms with Gasteiger partial charge in [0.05, 0.1) is 11.4 Å². The Hall–Kier alpha value is -0.940. The fourth-order valence-electron chi connectivity index (χ4n) is 1.44. The molecule has 0 unspecified atom stereocenters. The smallest absolute Gasteiger partial charge is 0.0994 e. The summed E-state index contributed by atoms with van der Waals surface area (Å²) in [5, 5.41) is 16.8. The summed E-state index contributed by atoms with van der Waals surface area (Å²) in [6, 6.07) is 0. The van der Waals surface area contributed by atoms with Crippen molar-refractivity contribution in [3.05, 3.63) is 11.4 Å². The van der Waals surface area contributed by atoms with Crippen molar-refractivity contribution in [3.8, 4) is 0 Å². The third-order valence-corrected chi connectivity index (χ3v) is 2.13. The van der Waals surface area contributed by atoms with Gasteiger partial charge in [-0.1, -0.05) is 18.6 Å². The Labute approximate surface area is 83.9 Å². The van der Waals surface area contributed by atoms with Crippen LogP contribution in [0.5, 0.6) is 0 Å². The molecule has 14 heavy (non-hydrogen) atoms. The van der Waals surface area contributed by atoms with Crippen LogP contribution in [0.15, 0.2) is 0 Å². The number of hydrogen-bond acceptors (Lipinski definition) is 4. The van der Waals surface area contributed by atoms with Gasteiger partial charge in [-0.05, 0) is 12.8 Å². The van der Waals surface area contributed by atoms with E-state index in [0.29, 0.717) is 13.0 Å². The molecule has 80 valence electrons. The van der Waals surface area contributed by atoms with Gasteiger partial charge in [-0.25, -0.2) is 4.68 Å². The average Bonchev–Trinajstić information content (AvgIpc) is 2.58. The van der Waals surface area contributed by atoms with Crippen LogP contribution in [-0.4, -0.2) is 26.7 Å². The van der Waals surface area contributed by atoms with Crippen molar-refractivity contribution >= 4 is 0 Å². The number of nitrogens with two attached hydrogens (primary N) is 1. The fourth-order valence-corrected chi connectivity index (χ4v) is 1.44. The summed E-state index contributed by atoms with van der Waals surface area (Å²) in [5.41, 5.74) is 7.55. The first-order valence-corrected chi connectivity index (χ1v) is 5.05. The first-order valence-electron chi connectivity index (χ1n) is 5.05. The molecule has 0 radical (unpaired) electrons. The predicted octanol–water partition coefficient (Wildman–Crippen LogP) is 0.0717. The summed E-state index contributed by atoms with van der Waals surface area (Å²) in [6.07, 6.45) is 2.72. The van der Waals surface area contributed by atoms with Gasteiger partial charge in [-0.2, -0.15) is 0 Å². The van der Waals surface area contributed by atoms with Crippen LogP contribution in [0.3, 0.4) is 0 Å². The summed E-state index contributed by atoms with van der Waals surface area (Å²) in [7, 11) is 0. The zero-order valence-corrected chi connectivity index (χ0v) is 8.61. The maximum Gasteiger partial charge on any atom is 0.0994 e. The van der Waals surface area contributed by atoms with Crippen molar-refractivity contribution in [1.82, 2.24) is 15.0 Å². The van der Waals surface area contributed by atoms with Crippen LogP contribution < -0.4 is 5.73 Å². The molecule has 0 aliphatic rings. The van der Waals surface area contributed by atoms with Crippen LogP contribution in [0.1, 0.15) is 31.2 Å². The number of aliphatic hydroxyl groups excluding tert-OH is 1. The maximum atomic E-state index is 8.73. The molecule has 5 heteroatoms. The molecule has 0 aliphatic heterocycles. The number of aryl methyl sites for hydroxylation is 1. The Morgan fingerprint density at radius 2 is 2.29 bits per heavy atom. The monoisotopic (exact) mass is 198 g/mol. The van der Waals surface area contributed by atoms with Crippen molar-refractivity contribution in [2.75, 3.05) is 6.61 Å². The van der Waals surface area contributed by atoms with Gasteiger partial charge in [0, 0.05) is 19.7 Å². The summed E-state index contributed by atoms with van der Waals surface area (Å²) in [6.45, 7) is 3.46. The molecule has 0 aliphatic carbocycles. The lowest BCUT2D eigenvalue weighted by molar-refractivity contribution is 0.275. The minimum absolute atomic E-state index is 0.184. The van der Waals surface area contributed by atoms with E-state index in [2.05, 4.69) is 17.2 Å². The minimum atomic E-state index is 0.184. The molecule has 0 spiro atoms. The second-order valence-electron chi connectivity index (χ2n) is 3.24. The molecule has 0 saturated heterocycles. The van der Waals surface area contributed by atoms with Crippen LogP contribution in [-0.2, 0) is 19.5 Å². The number of nitrogens with zero attached hydrogens (tertiary/aromatic N) is 3. The molecular weight excluding hydrogens is 180 g/mol. The molecule has 1 heterocycles. The molecule has 1 aromatic rings. The molecule has 3 N–H and O–H groups in total. The summed E-state index contributed by atoms with van der Waals surface area (Å²) in [5.74, 6) is 0. The number of hydrogen-bond donors (Lipinski definition) is 2. The van der Waals surface area contributed by atoms with E-state index in [-0.39, 0.29) is 6.61 Å². The lowest BCUT2D eigenvalue weighted by Gasteiger charge is -2.04. The molecule has 0 atom stereocenters. The highest BCUT2D eigenvalue weighted by atomic mass is 16.3. The van der Waals surface area contributed by atoms with E-state index in [0.717, 1.165) is 30.8 Å². The Kier molecular flexibility index (Phi) is 4.55. The lowest BCUT2D eigenvalue weighted by Crippen LogP contribution is -2.08. The Morgan fingerprint density at radius 3 is 2.86 bits per heavy atom. The van der Waals surface area contributed by atoms with Crippen LogP contribution in [0.25, 0.3) is 0 Å². The van der Waals surface area contributed by atoms with Gasteiger partial charge in [-0.15, -0.1) is 5.10 Å². The summed E-state index contributed by atoms with van der Waals surface area (Å²) in [4.78, 5) is 0. The topological polar surface area (TPSA) is 77.0 Å². The zero-order valence-electron chi connectivity index (χ0n) is 8.61. The van der Waals surface area contributed by atoms with Gasteiger partial charge in [0.2, 0.25) is 0 Å². The Bertz CT molecular complexity index is 272. The number of aromatic nitrogens is 3. The SMILES string of the molecule is CCCc1c(CN)nnn1CCCO. The van der Waals surface area contributed by atoms with E-state index >= 15 is 0 Å². The van der Waals surface area contributed by atoms with E-state index in [1.54, 1.807) is 0 Å². The average molecular weight is 198 g/mol. The normalized spacial score (nSPS) is 10.8. The van der Waals surface area contributed by atoms with Crippen molar-refractivity contribution in [3.63, 3.8) is 0 Å². The van der Waals surface area contributed by atoms with Gasteiger partial charge in [0.1, 0.15) is 0 Å². The van der Waals surface area contributed by atoms with E-state index in [9.17, 15) is 0 Å². The van der Waals surface area contributed by atoms with E-state index in [1.807, 2.05) is 4.68 Å². The lowest BCUT2D eigenvalue weighted by atomic mass is 10.2. The van der Waals surface area contributed by atoms with Crippen molar-refractivity contribution in [2.24, 2.45) is 5.73 Å². The van der Waals surface area contributed by atoms with Crippen LogP contribution in [0.2, 0.25) is 0 Å².